The lowest BCUT2D eigenvalue weighted by molar-refractivity contribution is -0.111. The number of carbonyl (C=O) groups is 1. The third-order valence-corrected chi connectivity index (χ3v) is 4.62. The SMILES string of the molecule is CCCOc1ccc(NC(=O)/C=C/c2cc(-c3ccccc3)cs2)cc1. The van der Waals surface area contributed by atoms with Crippen LogP contribution < -0.4 is 10.1 Å². The second kappa shape index (κ2) is 9.02. The number of rotatable bonds is 7. The largest absolute Gasteiger partial charge is 0.494 e. The van der Waals surface area contributed by atoms with E-state index < -0.39 is 0 Å². The Hall–Kier alpha value is -2.85. The number of ether oxygens (including phenoxy) is 1. The van der Waals surface area contributed by atoms with Gasteiger partial charge in [0.05, 0.1) is 6.61 Å². The van der Waals surface area contributed by atoms with Crippen LogP contribution in [0.25, 0.3) is 17.2 Å². The molecule has 0 spiro atoms. The van der Waals surface area contributed by atoms with E-state index in [9.17, 15) is 4.79 Å². The summed E-state index contributed by atoms with van der Waals surface area (Å²) < 4.78 is 5.53. The van der Waals surface area contributed by atoms with Crippen LogP contribution in [-0.4, -0.2) is 12.5 Å². The zero-order valence-corrected chi connectivity index (χ0v) is 15.5. The molecule has 132 valence electrons. The molecule has 1 N–H and O–H groups in total. The van der Waals surface area contributed by atoms with Gasteiger partial charge >= 0.3 is 0 Å². The maximum Gasteiger partial charge on any atom is 0.248 e. The van der Waals surface area contributed by atoms with Crippen LogP contribution in [0.2, 0.25) is 0 Å². The van der Waals surface area contributed by atoms with Crippen molar-refractivity contribution in [2.75, 3.05) is 11.9 Å². The van der Waals surface area contributed by atoms with Crippen molar-refractivity contribution in [3.05, 3.63) is 77.0 Å². The van der Waals surface area contributed by atoms with E-state index >= 15 is 0 Å². The number of nitrogens with one attached hydrogen (secondary N) is 1. The maximum atomic E-state index is 12.1. The molecular formula is C22H21NO2S. The van der Waals surface area contributed by atoms with Gasteiger partial charge in [-0.3, -0.25) is 4.79 Å². The predicted molar refractivity (Wildman–Crippen MR) is 110 cm³/mol. The van der Waals surface area contributed by atoms with Crippen LogP contribution in [0.4, 0.5) is 5.69 Å². The van der Waals surface area contributed by atoms with Crippen LogP contribution in [0.3, 0.4) is 0 Å². The monoisotopic (exact) mass is 363 g/mol. The summed E-state index contributed by atoms with van der Waals surface area (Å²) in [5.74, 6) is 0.661. The predicted octanol–water partition coefficient (Wildman–Crippen LogP) is 5.86. The number of hydrogen-bond donors (Lipinski definition) is 1. The van der Waals surface area contributed by atoms with Gasteiger partial charge in [0.1, 0.15) is 5.75 Å². The molecule has 1 amide bonds. The lowest BCUT2D eigenvalue weighted by atomic mass is 10.1. The van der Waals surface area contributed by atoms with E-state index in [1.54, 1.807) is 17.4 Å². The van der Waals surface area contributed by atoms with Gasteiger partial charge in [-0.2, -0.15) is 0 Å². The first-order valence-electron chi connectivity index (χ1n) is 8.60. The summed E-state index contributed by atoms with van der Waals surface area (Å²) in [5.41, 5.74) is 3.09. The van der Waals surface area contributed by atoms with Gasteiger partial charge in [0, 0.05) is 16.6 Å². The van der Waals surface area contributed by atoms with Crippen molar-refractivity contribution in [3.8, 4) is 16.9 Å². The third kappa shape index (κ3) is 5.07. The van der Waals surface area contributed by atoms with Gasteiger partial charge in [-0.25, -0.2) is 0 Å². The van der Waals surface area contributed by atoms with Crippen LogP contribution >= 0.6 is 11.3 Å². The minimum atomic E-state index is -0.151. The molecule has 1 aromatic heterocycles. The molecule has 0 atom stereocenters. The van der Waals surface area contributed by atoms with Crippen molar-refractivity contribution in [1.29, 1.82) is 0 Å². The Morgan fingerprint density at radius 3 is 2.58 bits per heavy atom. The maximum absolute atomic E-state index is 12.1. The standard InChI is InChI=1S/C22H21NO2S/c1-2-14-25-20-10-8-19(9-11-20)23-22(24)13-12-21-15-18(16-26-21)17-6-4-3-5-7-17/h3-13,15-16H,2,14H2,1H3,(H,23,24)/b13-12+. The second-order valence-electron chi connectivity index (χ2n) is 5.80. The summed E-state index contributed by atoms with van der Waals surface area (Å²) in [6, 6.07) is 19.7. The number of amides is 1. The van der Waals surface area contributed by atoms with Gasteiger partial charge in [0.25, 0.3) is 0 Å². The van der Waals surface area contributed by atoms with Crippen LogP contribution in [-0.2, 0) is 4.79 Å². The summed E-state index contributed by atoms with van der Waals surface area (Å²) >= 11 is 1.62. The molecule has 26 heavy (non-hydrogen) atoms. The van der Waals surface area contributed by atoms with E-state index in [1.807, 2.05) is 48.5 Å². The van der Waals surface area contributed by atoms with E-state index in [0.29, 0.717) is 6.61 Å². The fraction of sp³-hybridized carbons (Fsp3) is 0.136. The summed E-state index contributed by atoms with van der Waals surface area (Å²) in [5, 5.41) is 4.96. The molecule has 0 unspecified atom stereocenters. The average Bonchev–Trinajstić information content (AvgIpc) is 3.16. The molecule has 0 aliphatic rings. The number of anilines is 1. The second-order valence-corrected chi connectivity index (χ2v) is 6.74. The first-order chi connectivity index (χ1) is 12.7. The Bertz CT molecular complexity index is 867. The Morgan fingerprint density at radius 2 is 1.85 bits per heavy atom. The highest BCUT2D eigenvalue weighted by Gasteiger charge is 2.02. The van der Waals surface area contributed by atoms with E-state index in [1.165, 1.54) is 11.1 Å². The summed E-state index contributed by atoms with van der Waals surface area (Å²) in [6.45, 7) is 2.76. The highest BCUT2D eigenvalue weighted by atomic mass is 32.1. The minimum Gasteiger partial charge on any atom is -0.494 e. The molecular weight excluding hydrogens is 342 g/mol. The topological polar surface area (TPSA) is 38.3 Å². The zero-order valence-electron chi connectivity index (χ0n) is 14.6. The summed E-state index contributed by atoms with van der Waals surface area (Å²) in [7, 11) is 0. The molecule has 0 saturated heterocycles. The summed E-state index contributed by atoms with van der Waals surface area (Å²) in [4.78, 5) is 13.1. The number of benzene rings is 2. The zero-order chi connectivity index (χ0) is 18.2. The molecule has 0 radical (unpaired) electrons. The molecule has 0 aliphatic carbocycles. The minimum absolute atomic E-state index is 0.151. The third-order valence-electron chi connectivity index (χ3n) is 3.72. The molecule has 0 saturated carbocycles. The van der Waals surface area contributed by atoms with Crippen molar-refractivity contribution < 1.29 is 9.53 Å². The first kappa shape index (κ1) is 18.0. The number of carbonyl (C=O) groups excluding carboxylic acids is 1. The van der Waals surface area contributed by atoms with Gasteiger partial charge in [-0.1, -0.05) is 37.3 Å². The molecule has 1 heterocycles. The van der Waals surface area contributed by atoms with Gasteiger partial charge in [-0.15, -0.1) is 11.3 Å². The molecule has 3 rings (SSSR count). The Kier molecular flexibility index (Phi) is 6.23. The molecule has 3 nitrogen and oxygen atoms in total. The van der Waals surface area contributed by atoms with Gasteiger partial charge in [-0.05, 0) is 59.3 Å². The van der Waals surface area contributed by atoms with E-state index in [2.05, 4.69) is 35.8 Å². The van der Waals surface area contributed by atoms with Crippen LogP contribution in [0, 0.1) is 0 Å². The lowest BCUT2D eigenvalue weighted by Crippen LogP contribution is -2.07. The van der Waals surface area contributed by atoms with Gasteiger partial charge in [0.15, 0.2) is 0 Å². The molecule has 0 bridgehead atoms. The average molecular weight is 363 g/mol. The van der Waals surface area contributed by atoms with Crippen molar-refractivity contribution >= 4 is 29.0 Å². The Labute approximate surface area is 158 Å². The van der Waals surface area contributed by atoms with Crippen molar-refractivity contribution in [2.24, 2.45) is 0 Å². The molecule has 3 aromatic rings. The first-order valence-corrected chi connectivity index (χ1v) is 9.48. The molecule has 4 heteroatoms. The van der Waals surface area contributed by atoms with E-state index in [4.69, 9.17) is 4.74 Å². The van der Waals surface area contributed by atoms with E-state index in [-0.39, 0.29) is 5.91 Å². The quantitative estimate of drug-likeness (QED) is 0.534. The number of hydrogen-bond acceptors (Lipinski definition) is 3. The van der Waals surface area contributed by atoms with Gasteiger partial charge < -0.3 is 10.1 Å². The fourth-order valence-corrected chi connectivity index (χ4v) is 3.23. The molecule has 0 fully saturated rings. The fourth-order valence-electron chi connectivity index (χ4n) is 2.42. The van der Waals surface area contributed by atoms with Gasteiger partial charge in [0.2, 0.25) is 5.91 Å². The lowest BCUT2D eigenvalue weighted by Gasteiger charge is -2.06. The number of thiophene rings is 1. The molecule has 2 aromatic carbocycles. The van der Waals surface area contributed by atoms with Crippen molar-refractivity contribution in [3.63, 3.8) is 0 Å². The molecule has 0 aliphatic heterocycles. The van der Waals surface area contributed by atoms with Crippen LogP contribution in [0.1, 0.15) is 18.2 Å². The summed E-state index contributed by atoms with van der Waals surface area (Å²) in [6.07, 6.45) is 4.37. The smallest absolute Gasteiger partial charge is 0.248 e. The highest BCUT2D eigenvalue weighted by molar-refractivity contribution is 7.11. The Balaban J connectivity index is 1.57. The van der Waals surface area contributed by atoms with E-state index in [0.717, 1.165) is 22.7 Å². The van der Waals surface area contributed by atoms with Crippen molar-refractivity contribution in [1.82, 2.24) is 0 Å². The Morgan fingerprint density at radius 1 is 1.08 bits per heavy atom. The highest BCUT2D eigenvalue weighted by Crippen LogP contribution is 2.26. The van der Waals surface area contributed by atoms with Crippen molar-refractivity contribution in [2.45, 2.75) is 13.3 Å². The van der Waals surface area contributed by atoms with Crippen LogP contribution in [0.15, 0.2) is 72.1 Å². The van der Waals surface area contributed by atoms with Crippen LogP contribution in [0.5, 0.6) is 5.75 Å². The normalized spacial score (nSPS) is 10.8.